The summed E-state index contributed by atoms with van der Waals surface area (Å²) < 4.78 is 5.90. The standard InChI is InChI=1S/C24H19N3O2/c28-24(22-15-14-19-10-4-6-12-21(19)26-22)27-25-16-20-11-5-7-13-23(20)29-17-18-8-2-1-3-9-18/h1-16H,17H2,(H,27,28)/b25-16+. The fourth-order valence-corrected chi connectivity index (χ4v) is 2.86. The summed E-state index contributed by atoms with van der Waals surface area (Å²) in [6.45, 7) is 0.457. The first kappa shape index (κ1) is 18.4. The number of aromatic nitrogens is 1. The summed E-state index contributed by atoms with van der Waals surface area (Å²) in [6.07, 6.45) is 1.57. The second kappa shape index (κ2) is 8.80. The summed E-state index contributed by atoms with van der Waals surface area (Å²) in [5.74, 6) is 0.327. The van der Waals surface area contributed by atoms with Crippen molar-refractivity contribution in [1.29, 1.82) is 0 Å². The lowest BCUT2D eigenvalue weighted by molar-refractivity contribution is 0.0950. The summed E-state index contributed by atoms with van der Waals surface area (Å²) in [7, 11) is 0. The molecular formula is C24H19N3O2. The van der Waals surface area contributed by atoms with E-state index >= 15 is 0 Å². The van der Waals surface area contributed by atoms with Crippen LogP contribution in [0.25, 0.3) is 10.9 Å². The third kappa shape index (κ3) is 4.65. The zero-order chi connectivity index (χ0) is 19.9. The van der Waals surface area contributed by atoms with E-state index < -0.39 is 0 Å². The van der Waals surface area contributed by atoms with Crippen LogP contribution in [0.1, 0.15) is 21.6 Å². The molecule has 5 heteroatoms. The minimum Gasteiger partial charge on any atom is -0.488 e. The van der Waals surface area contributed by atoms with Gasteiger partial charge in [-0.1, -0.05) is 66.7 Å². The van der Waals surface area contributed by atoms with Crippen molar-refractivity contribution in [3.8, 4) is 5.75 Å². The van der Waals surface area contributed by atoms with Gasteiger partial charge in [0.05, 0.1) is 11.7 Å². The van der Waals surface area contributed by atoms with Gasteiger partial charge in [0.15, 0.2) is 0 Å². The molecule has 0 fully saturated rings. The smallest absolute Gasteiger partial charge is 0.289 e. The maximum atomic E-state index is 12.4. The van der Waals surface area contributed by atoms with Crippen molar-refractivity contribution >= 4 is 23.0 Å². The number of ether oxygens (including phenoxy) is 1. The Balaban J connectivity index is 1.42. The number of pyridine rings is 1. The van der Waals surface area contributed by atoms with Crippen molar-refractivity contribution in [3.63, 3.8) is 0 Å². The first-order valence-electron chi connectivity index (χ1n) is 9.24. The maximum absolute atomic E-state index is 12.4. The van der Waals surface area contributed by atoms with Gasteiger partial charge >= 0.3 is 0 Å². The van der Waals surface area contributed by atoms with Crippen LogP contribution in [0, 0.1) is 0 Å². The van der Waals surface area contributed by atoms with Crippen molar-refractivity contribution < 1.29 is 9.53 Å². The van der Waals surface area contributed by atoms with Gasteiger partial charge in [0.1, 0.15) is 18.1 Å². The molecule has 0 aliphatic heterocycles. The van der Waals surface area contributed by atoms with Gasteiger partial charge in [-0.3, -0.25) is 4.79 Å². The van der Waals surface area contributed by atoms with Gasteiger partial charge in [0, 0.05) is 10.9 Å². The van der Waals surface area contributed by atoms with Crippen LogP contribution in [0.2, 0.25) is 0 Å². The molecule has 142 valence electrons. The number of carbonyl (C=O) groups excluding carboxylic acids is 1. The Labute approximate surface area is 168 Å². The van der Waals surface area contributed by atoms with E-state index in [4.69, 9.17) is 4.74 Å². The van der Waals surface area contributed by atoms with Crippen LogP contribution in [0.4, 0.5) is 0 Å². The molecule has 1 N–H and O–H groups in total. The molecule has 0 aliphatic rings. The molecule has 0 atom stereocenters. The third-order valence-corrected chi connectivity index (χ3v) is 4.36. The lowest BCUT2D eigenvalue weighted by atomic mass is 10.2. The minimum absolute atomic E-state index is 0.314. The van der Waals surface area contributed by atoms with Crippen molar-refractivity contribution in [1.82, 2.24) is 10.4 Å². The van der Waals surface area contributed by atoms with Crippen LogP contribution >= 0.6 is 0 Å². The van der Waals surface area contributed by atoms with Gasteiger partial charge in [-0.05, 0) is 29.8 Å². The number of fused-ring (bicyclic) bond motifs is 1. The Hall–Kier alpha value is -3.99. The molecule has 0 aliphatic carbocycles. The van der Waals surface area contributed by atoms with E-state index in [0.29, 0.717) is 18.1 Å². The van der Waals surface area contributed by atoms with Crippen LogP contribution in [0.3, 0.4) is 0 Å². The predicted molar refractivity (Wildman–Crippen MR) is 114 cm³/mol. The van der Waals surface area contributed by atoms with Crippen molar-refractivity contribution in [2.45, 2.75) is 6.61 Å². The average Bonchev–Trinajstić information content (AvgIpc) is 2.78. The van der Waals surface area contributed by atoms with E-state index in [2.05, 4.69) is 15.5 Å². The van der Waals surface area contributed by atoms with Crippen molar-refractivity contribution in [2.24, 2.45) is 5.10 Å². The molecule has 1 aromatic heterocycles. The molecule has 0 saturated heterocycles. The zero-order valence-electron chi connectivity index (χ0n) is 15.7. The second-order valence-corrected chi connectivity index (χ2v) is 6.40. The highest BCUT2D eigenvalue weighted by Crippen LogP contribution is 2.17. The average molecular weight is 381 g/mol. The first-order chi connectivity index (χ1) is 14.3. The Morgan fingerprint density at radius 1 is 0.897 bits per heavy atom. The molecule has 0 unspecified atom stereocenters. The summed E-state index contributed by atoms with van der Waals surface area (Å²) in [6, 6.07) is 28.7. The fraction of sp³-hybridized carbons (Fsp3) is 0.0417. The summed E-state index contributed by atoms with van der Waals surface area (Å²) in [5.41, 5.74) is 5.46. The number of hydrogen-bond acceptors (Lipinski definition) is 4. The number of rotatable bonds is 6. The molecule has 0 spiro atoms. The predicted octanol–water partition coefficient (Wildman–Crippen LogP) is 4.58. The van der Waals surface area contributed by atoms with E-state index in [9.17, 15) is 4.79 Å². The maximum Gasteiger partial charge on any atom is 0.289 e. The summed E-state index contributed by atoms with van der Waals surface area (Å²) in [4.78, 5) is 16.7. The molecule has 4 rings (SSSR count). The Morgan fingerprint density at radius 3 is 2.55 bits per heavy atom. The number of amides is 1. The van der Waals surface area contributed by atoms with E-state index in [1.165, 1.54) is 0 Å². The Kier molecular flexibility index (Phi) is 5.58. The topological polar surface area (TPSA) is 63.6 Å². The van der Waals surface area contributed by atoms with Crippen LogP contribution in [-0.4, -0.2) is 17.1 Å². The highest BCUT2D eigenvalue weighted by atomic mass is 16.5. The molecule has 4 aromatic rings. The molecular weight excluding hydrogens is 362 g/mol. The monoisotopic (exact) mass is 381 g/mol. The first-order valence-corrected chi connectivity index (χ1v) is 9.24. The molecule has 0 saturated carbocycles. The number of para-hydroxylation sites is 2. The van der Waals surface area contributed by atoms with Gasteiger partial charge in [-0.25, -0.2) is 10.4 Å². The molecule has 1 heterocycles. The Morgan fingerprint density at radius 2 is 1.66 bits per heavy atom. The molecule has 29 heavy (non-hydrogen) atoms. The lowest BCUT2D eigenvalue weighted by Crippen LogP contribution is -2.19. The molecule has 1 amide bonds. The SMILES string of the molecule is O=C(N/N=C/c1ccccc1OCc1ccccc1)c1ccc2ccccc2n1. The van der Waals surface area contributed by atoms with E-state index in [1.807, 2.05) is 84.9 Å². The third-order valence-electron chi connectivity index (χ3n) is 4.36. The highest BCUT2D eigenvalue weighted by Gasteiger charge is 2.07. The number of hydrogen-bond donors (Lipinski definition) is 1. The number of nitrogens with zero attached hydrogens (tertiary/aromatic N) is 2. The van der Waals surface area contributed by atoms with Crippen molar-refractivity contribution in [3.05, 3.63) is 108 Å². The van der Waals surface area contributed by atoms with Gasteiger partial charge in [0.25, 0.3) is 5.91 Å². The van der Waals surface area contributed by atoms with Gasteiger partial charge in [-0.15, -0.1) is 0 Å². The fourth-order valence-electron chi connectivity index (χ4n) is 2.86. The summed E-state index contributed by atoms with van der Waals surface area (Å²) >= 11 is 0. The summed E-state index contributed by atoms with van der Waals surface area (Å²) in [5, 5.41) is 5.05. The molecule has 0 radical (unpaired) electrons. The van der Waals surface area contributed by atoms with Crippen molar-refractivity contribution in [2.75, 3.05) is 0 Å². The van der Waals surface area contributed by atoms with E-state index in [1.54, 1.807) is 12.3 Å². The van der Waals surface area contributed by atoms with Crippen LogP contribution in [0.5, 0.6) is 5.75 Å². The number of hydrazone groups is 1. The highest BCUT2D eigenvalue weighted by molar-refractivity contribution is 5.95. The largest absolute Gasteiger partial charge is 0.488 e. The van der Waals surface area contributed by atoms with Crippen LogP contribution in [-0.2, 0) is 6.61 Å². The molecule has 0 bridgehead atoms. The second-order valence-electron chi connectivity index (χ2n) is 6.40. The van der Waals surface area contributed by atoms with Gasteiger partial charge in [0.2, 0.25) is 0 Å². The van der Waals surface area contributed by atoms with E-state index in [-0.39, 0.29) is 5.91 Å². The lowest BCUT2D eigenvalue weighted by Gasteiger charge is -2.09. The molecule has 5 nitrogen and oxygen atoms in total. The van der Waals surface area contributed by atoms with Crippen LogP contribution < -0.4 is 10.2 Å². The zero-order valence-corrected chi connectivity index (χ0v) is 15.7. The Bertz CT molecular complexity index is 1160. The van der Waals surface area contributed by atoms with E-state index in [0.717, 1.165) is 22.0 Å². The van der Waals surface area contributed by atoms with Gasteiger partial charge in [-0.2, -0.15) is 5.10 Å². The van der Waals surface area contributed by atoms with Gasteiger partial charge < -0.3 is 4.74 Å². The normalized spacial score (nSPS) is 10.9. The van der Waals surface area contributed by atoms with Crippen LogP contribution in [0.15, 0.2) is 96.1 Å². The quantitative estimate of drug-likeness (QED) is 0.393. The molecule has 3 aromatic carbocycles. The number of benzene rings is 3. The number of carbonyl (C=O) groups is 1. The minimum atomic E-state index is -0.366. The number of nitrogens with one attached hydrogen (secondary N) is 1.